The Hall–Kier alpha value is -5.17. The van der Waals surface area contributed by atoms with E-state index in [1.165, 1.54) is 72.8 Å². The summed E-state index contributed by atoms with van der Waals surface area (Å²) in [6.45, 7) is 3.76. The van der Waals surface area contributed by atoms with Crippen LogP contribution in [-0.2, 0) is 33.1 Å². The van der Waals surface area contributed by atoms with Gasteiger partial charge in [0.05, 0.1) is 19.6 Å². The van der Waals surface area contributed by atoms with Gasteiger partial charge in [0.15, 0.2) is 11.4 Å². The molecule has 6 aromatic carbocycles. The smallest absolute Gasteiger partial charge is 0.744 e. The van der Waals surface area contributed by atoms with Crippen LogP contribution in [0, 0.1) is 9.81 Å². The minimum atomic E-state index is -4.74. The Morgan fingerprint density at radius 3 is 1.23 bits per heavy atom. The third-order valence-corrected chi connectivity index (χ3v) is 10.1. The molecule has 0 spiro atoms. The van der Waals surface area contributed by atoms with Crippen molar-refractivity contribution in [1.82, 2.24) is 0 Å². The molecule has 57 heavy (non-hydrogen) atoms. The molecule has 21 heteroatoms. The maximum absolute atomic E-state index is 11.5. The Kier molecular flexibility index (Phi) is 14.4. The molecule has 0 atom stereocenters. The Morgan fingerprint density at radius 1 is 0.544 bits per heavy atom. The summed E-state index contributed by atoms with van der Waals surface area (Å²) in [6.07, 6.45) is 1.27. The zero-order chi connectivity index (χ0) is 40.9. The van der Waals surface area contributed by atoms with Crippen LogP contribution in [-0.4, -0.2) is 105 Å². The number of aromatic hydroxyl groups is 2. The van der Waals surface area contributed by atoms with E-state index in [1.807, 2.05) is 13.8 Å². The number of aryl methyl sites for hydroxylation is 2. The number of fused-ring (bicyclic) bond motifs is 2. The van der Waals surface area contributed by atoms with Crippen LogP contribution in [0.15, 0.2) is 127 Å². The Labute approximate surface area is 364 Å². The van der Waals surface area contributed by atoms with Gasteiger partial charge >= 0.3 is 60.3 Å². The number of rotatable bonds is 10. The van der Waals surface area contributed by atoms with Gasteiger partial charge in [0.1, 0.15) is 43.1 Å². The zero-order valence-electron chi connectivity index (χ0n) is 29.9. The molecule has 6 rings (SSSR count). The summed E-state index contributed by atoms with van der Waals surface area (Å²) in [5.74, 6) is -0.599. The largest absolute Gasteiger partial charge is 2.00 e. The van der Waals surface area contributed by atoms with Crippen molar-refractivity contribution >= 4 is 125 Å². The minimum absolute atomic E-state index is 0. The predicted octanol–water partition coefficient (Wildman–Crippen LogP) is 8.07. The first-order valence-electron chi connectivity index (χ1n) is 16.3. The number of phenols is 2. The van der Waals surface area contributed by atoms with E-state index in [1.54, 1.807) is 12.1 Å². The number of hydrogen-bond acceptors (Lipinski definition) is 14. The van der Waals surface area contributed by atoms with E-state index in [0.29, 0.717) is 12.8 Å². The van der Waals surface area contributed by atoms with Gasteiger partial charge in [0.25, 0.3) is 9.85 Å². The Balaban J connectivity index is 0.000000248. The van der Waals surface area contributed by atoms with Gasteiger partial charge < -0.3 is 19.3 Å². The maximum Gasteiger partial charge on any atom is 2.00 e. The van der Waals surface area contributed by atoms with Gasteiger partial charge in [-0.2, -0.15) is 0 Å². The van der Waals surface area contributed by atoms with Crippen LogP contribution in [0.3, 0.4) is 0 Å². The standard InChI is InChI=1S/2C18H15N3O6S.Ba/c2*1-2-11-6-8-14(15(10-11)21(23)24)19-20-18-13-4-3-5-17(28(25,26)27)12(13)7-9-16(18)22;/h2*3-10H,2H2,1H3,(H2-,19,22,23,24,25,26,27);/q;;+2. The molecule has 0 radical (unpaired) electrons. The monoisotopic (exact) mass is 940 g/mol. The molecule has 0 aliphatic heterocycles. The molecule has 0 saturated carbocycles. The fourth-order valence-corrected chi connectivity index (χ4v) is 6.90. The first kappa shape index (κ1) is 44.5. The zero-order valence-corrected chi connectivity index (χ0v) is 36.0. The first-order valence-corrected chi connectivity index (χ1v) is 19.1. The summed E-state index contributed by atoms with van der Waals surface area (Å²) >= 11 is 0. The number of phenolic OH excluding ortho intramolecular Hbond substituents is 2. The van der Waals surface area contributed by atoms with Crippen LogP contribution in [0.25, 0.3) is 21.5 Å². The van der Waals surface area contributed by atoms with E-state index in [9.17, 15) is 56.4 Å². The van der Waals surface area contributed by atoms with Gasteiger partial charge in [0, 0.05) is 33.7 Å². The van der Waals surface area contributed by atoms with Crippen LogP contribution in [0.4, 0.5) is 34.1 Å². The molecule has 0 aliphatic rings. The van der Waals surface area contributed by atoms with Gasteiger partial charge in [-0.05, 0) is 72.5 Å². The molecule has 0 fully saturated rings. The third-order valence-electron chi connectivity index (χ3n) is 8.31. The topological polar surface area (TPSA) is 285 Å². The summed E-state index contributed by atoms with van der Waals surface area (Å²) < 4.78 is 68.8. The minimum Gasteiger partial charge on any atom is -0.744 e. The second kappa shape index (κ2) is 18.4. The van der Waals surface area contributed by atoms with Crippen molar-refractivity contribution in [2.45, 2.75) is 36.5 Å². The normalized spacial score (nSPS) is 11.7. The summed E-state index contributed by atoms with van der Waals surface area (Å²) in [7, 11) is -9.47. The summed E-state index contributed by atoms with van der Waals surface area (Å²) in [5.41, 5.74) is 1.24. The molecule has 0 aromatic heterocycles. The van der Waals surface area contributed by atoms with Crippen LogP contribution >= 0.6 is 0 Å². The van der Waals surface area contributed by atoms with E-state index >= 15 is 0 Å². The predicted molar refractivity (Wildman–Crippen MR) is 203 cm³/mol. The van der Waals surface area contributed by atoms with E-state index in [0.717, 1.165) is 23.3 Å². The second-order valence-corrected chi connectivity index (χ2v) is 14.5. The molecule has 0 amide bonds. The van der Waals surface area contributed by atoms with E-state index in [4.69, 9.17) is 0 Å². The van der Waals surface area contributed by atoms with Crippen molar-refractivity contribution in [3.8, 4) is 11.5 Å². The molecule has 288 valence electrons. The molecular formula is C36H30BaN6O12S2+2. The fourth-order valence-electron chi connectivity index (χ4n) is 5.51. The molecule has 0 unspecified atom stereocenters. The molecule has 0 saturated heterocycles. The van der Waals surface area contributed by atoms with E-state index in [-0.39, 0.29) is 126 Å². The average Bonchev–Trinajstić information content (AvgIpc) is 3.15. The van der Waals surface area contributed by atoms with Crippen molar-refractivity contribution in [3.05, 3.63) is 118 Å². The van der Waals surface area contributed by atoms with Crippen LogP contribution in [0.5, 0.6) is 11.5 Å². The summed E-state index contributed by atoms with van der Waals surface area (Å²) in [5, 5.41) is 55.1. The number of nitrogens with zero attached hydrogens (tertiary/aromatic N) is 6. The molecule has 0 bridgehead atoms. The average molecular weight is 940 g/mol. The van der Waals surface area contributed by atoms with Crippen molar-refractivity contribution in [2.24, 2.45) is 20.5 Å². The van der Waals surface area contributed by atoms with Crippen molar-refractivity contribution in [1.29, 1.82) is 0 Å². The Morgan fingerprint density at radius 2 is 0.912 bits per heavy atom. The number of benzene rings is 6. The van der Waals surface area contributed by atoms with Gasteiger partial charge in [-0.1, -0.05) is 50.2 Å². The summed E-state index contributed by atoms with van der Waals surface area (Å²) in [4.78, 5) is 21.2. The quantitative estimate of drug-likeness (QED) is 0.0439. The number of azo groups is 2. The molecular weight excluding hydrogens is 910 g/mol. The first-order chi connectivity index (χ1) is 26.4. The van der Waals surface area contributed by atoms with E-state index < -0.39 is 30.0 Å². The fraction of sp³-hybridized carbons (Fsp3) is 0.111. The van der Waals surface area contributed by atoms with Crippen LogP contribution < -0.4 is 0 Å². The molecule has 6 aromatic rings. The number of hydrogen-bond donors (Lipinski definition) is 4. The third kappa shape index (κ3) is 10.2. The van der Waals surface area contributed by atoms with Gasteiger partial charge in [0.2, 0.25) is 0 Å². The maximum atomic E-state index is 11.5. The molecule has 0 heterocycles. The SMILES string of the molecule is CCc1ccc(N=Nc2c(O)ccc3c(S(=O)(=O)[O-])cccc23)c([N+](=O)O)c1.CCc1ccc(N=Nc2c(O)ccc3c(S(=O)(=O)[O-])cccc23)c([N+](=O)O)c1.[Ba+2]. The molecule has 4 N–H and O–H groups in total. The van der Waals surface area contributed by atoms with Gasteiger partial charge in [-0.25, -0.2) is 27.3 Å². The van der Waals surface area contributed by atoms with Gasteiger partial charge in [-0.3, -0.25) is 0 Å². The van der Waals surface area contributed by atoms with E-state index in [2.05, 4.69) is 20.5 Å². The van der Waals surface area contributed by atoms with Crippen molar-refractivity contribution in [2.75, 3.05) is 0 Å². The van der Waals surface area contributed by atoms with Crippen molar-refractivity contribution < 1.29 is 56.4 Å². The molecule has 18 nitrogen and oxygen atoms in total. The van der Waals surface area contributed by atoms with Crippen LogP contribution in [0.1, 0.15) is 25.0 Å². The molecule has 0 aliphatic carbocycles. The Bertz CT molecular complexity index is 2640. The van der Waals surface area contributed by atoms with Gasteiger partial charge in [-0.15, -0.1) is 20.5 Å². The van der Waals surface area contributed by atoms with Crippen LogP contribution in [0.2, 0.25) is 0 Å². The van der Waals surface area contributed by atoms with Crippen molar-refractivity contribution in [3.63, 3.8) is 0 Å². The summed E-state index contributed by atoms with van der Waals surface area (Å²) in [6, 6.07) is 22.2. The second-order valence-electron chi connectivity index (χ2n) is 11.8.